The van der Waals surface area contributed by atoms with Crippen molar-refractivity contribution in [2.75, 3.05) is 6.54 Å². The molecule has 0 amide bonds. The molecule has 19 heavy (non-hydrogen) atoms. The average Bonchev–Trinajstić information content (AvgIpc) is 2.79. The predicted octanol–water partition coefficient (Wildman–Crippen LogP) is 2.07. The number of hydrogen-bond donors (Lipinski definition) is 1. The van der Waals surface area contributed by atoms with Crippen molar-refractivity contribution in [3.8, 4) is 11.3 Å². The second-order valence-corrected chi connectivity index (χ2v) is 4.29. The van der Waals surface area contributed by atoms with Crippen LogP contribution >= 0.6 is 0 Å². The maximum Gasteiger partial charge on any atom is 0.449 e. The van der Waals surface area contributed by atoms with Crippen molar-refractivity contribution in [2.45, 2.75) is 19.3 Å². The largest absolute Gasteiger partial charge is 0.449 e. The Balaban J connectivity index is 2.18. The van der Waals surface area contributed by atoms with E-state index in [-0.39, 0.29) is 6.54 Å². The van der Waals surface area contributed by atoms with Gasteiger partial charge in [0.25, 0.3) is 0 Å². The lowest BCUT2D eigenvalue weighted by Crippen LogP contribution is -2.30. The van der Waals surface area contributed by atoms with Crippen molar-refractivity contribution in [2.24, 2.45) is 0 Å². The van der Waals surface area contributed by atoms with Gasteiger partial charge in [-0.3, -0.25) is 4.98 Å². The van der Waals surface area contributed by atoms with Crippen molar-refractivity contribution in [3.63, 3.8) is 0 Å². The summed E-state index contributed by atoms with van der Waals surface area (Å²) < 4.78 is 40.2. The summed E-state index contributed by atoms with van der Waals surface area (Å²) >= 11 is 0. The number of imidazole rings is 1. The second-order valence-electron chi connectivity index (χ2n) is 4.29. The van der Waals surface area contributed by atoms with Gasteiger partial charge in [-0.2, -0.15) is 13.2 Å². The lowest BCUT2D eigenvalue weighted by Gasteiger charge is -2.19. The molecule has 1 aliphatic heterocycles. The summed E-state index contributed by atoms with van der Waals surface area (Å²) in [6, 6.07) is 3.33. The van der Waals surface area contributed by atoms with E-state index in [4.69, 9.17) is 0 Å². The van der Waals surface area contributed by atoms with Crippen molar-refractivity contribution in [1.29, 1.82) is 0 Å². The minimum Gasteiger partial charge on any atom is -0.321 e. The number of hydrogen-bond acceptors (Lipinski definition) is 3. The topological polar surface area (TPSA) is 42.7 Å². The van der Waals surface area contributed by atoms with E-state index < -0.39 is 12.0 Å². The molecule has 0 aromatic carbocycles. The standard InChI is InChI=1S/C12H11F3N4/c13-12(14,15)11-18-10(8-1-3-16-4-2-8)9-7-17-5-6-19(9)11/h1-4,17H,5-7H2. The third kappa shape index (κ3) is 2.10. The van der Waals surface area contributed by atoms with E-state index in [0.29, 0.717) is 30.0 Å². The monoisotopic (exact) mass is 268 g/mol. The normalized spacial score (nSPS) is 15.3. The summed E-state index contributed by atoms with van der Waals surface area (Å²) in [4.78, 5) is 7.67. The van der Waals surface area contributed by atoms with E-state index in [1.807, 2.05) is 0 Å². The van der Waals surface area contributed by atoms with Gasteiger partial charge in [-0.1, -0.05) is 0 Å². The van der Waals surface area contributed by atoms with E-state index in [9.17, 15) is 13.2 Å². The SMILES string of the molecule is FC(F)(F)c1nc(-c2ccncc2)c2n1CCNC2. The van der Waals surface area contributed by atoms with Crippen LogP contribution in [0.25, 0.3) is 11.3 Å². The van der Waals surface area contributed by atoms with E-state index in [2.05, 4.69) is 15.3 Å². The molecule has 0 aliphatic carbocycles. The summed E-state index contributed by atoms with van der Waals surface area (Å²) in [6.07, 6.45) is -1.34. The molecular formula is C12H11F3N4. The average molecular weight is 268 g/mol. The molecule has 0 unspecified atom stereocenters. The highest BCUT2D eigenvalue weighted by Gasteiger charge is 2.39. The van der Waals surface area contributed by atoms with Gasteiger partial charge < -0.3 is 9.88 Å². The van der Waals surface area contributed by atoms with E-state index in [1.165, 1.54) is 4.57 Å². The van der Waals surface area contributed by atoms with Gasteiger partial charge in [0.05, 0.1) is 11.4 Å². The van der Waals surface area contributed by atoms with Crippen LogP contribution in [0.3, 0.4) is 0 Å². The summed E-state index contributed by atoms with van der Waals surface area (Å²) in [6.45, 7) is 1.19. The predicted molar refractivity (Wildman–Crippen MR) is 62.2 cm³/mol. The maximum atomic E-state index is 13.0. The fraction of sp³-hybridized carbons (Fsp3) is 0.333. The molecule has 0 saturated carbocycles. The van der Waals surface area contributed by atoms with Crippen LogP contribution in [0.2, 0.25) is 0 Å². The van der Waals surface area contributed by atoms with Gasteiger partial charge in [-0.05, 0) is 12.1 Å². The number of alkyl halides is 3. The Morgan fingerprint density at radius 3 is 2.63 bits per heavy atom. The Morgan fingerprint density at radius 1 is 1.21 bits per heavy atom. The Kier molecular flexibility index (Phi) is 2.78. The van der Waals surface area contributed by atoms with Gasteiger partial charge in [-0.15, -0.1) is 0 Å². The zero-order valence-electron chi connectivity index (χ0n) is 9.91. The van der Waals surface area contributed by atoms with E-state index in [0.717, 1.165) is 0 Å². The molecule has 3 rings (SSSR count). The summed E-state index contributed by atoms with van der Waals surface area (Å²) in [5.74, 6) is -0.823. The summed E-state index contributed by atoms with van der Waals surface area (Å²) in [7, 11) is 0. The smallest absolute Gasteiger partial charge is 0.321 e. The second kappa shape index (κ2) is 4.34. The van der Waals surface area contributed by atoms with Gasteiger partial charge in [0.2, 0.25) is 5.82 Å². The van der Waals surface area contributed by atoms with Crippen molar-refractivity contribution < 1.29 is 13.2 Å². The molecule has 0 radical (unpaired) electrons. The molecule has 100 valence electrons. The Hall–Kier alpha value is -1.89. The molecule has 1 N–H and O–H groups in total. The molecule has 0 spiro atoms. The molecule has 4 nitrogen and oxygen atoms in total. The van der Waals surface area contributed by atoms with Crippen LogP contribution in [0, 0.1) is 0 Å². The highest BCUT2D eigenvalue weighted by molar-refractivity contribution is 5.62. The van der Waals surface area contributed by atoms with Gasteiger partial charge in [0.15, 0.2) is 0 Å². The zero-order valence-corrected chi connectivity index (χ0v) is 9.91. The highest BCUT2D eigenvalue weighted by Crippen LogP contribution is 2.34. The summed E-state index contributed by atoms with van der Waals surface area (Å²) in [5.41, 5.74) is 1.60. The lowest BCUT2D eigenvalue weighted by molar-refractivity contribution is -0.147. The fourth-order valence-corrected chi connectivity index (χ4v) is 2.26. The van der Waals surface area contributed by atoms with Crippen LogP contribution in [-0.2, 0) is 19.3 Å². The number of pyridine rings is 1. The number of rotatable bonds is 1. The summed E-state index contributed by atoms with van der Waals surface area (Å²) in [5, 5.41) is 3.07. The first kappa shape index (κ1) is 12.2. The minimum absolute atomic E-state index is 0.280. The van der Waals surface area contributed by atoms with Crippen LogP contribution in [0.1, 0.15) is 11.5 Å². The van der Waals surface area contributed by atoms with Gasteiger partial charge in [0.1, 0.15) is 0 Å². The van der Waals surface area contributed by atoms with Crippen LogP contribution < -0.4 is 5.32 Å². The molecule has 0 bridgehead atoms. The van der Waals surface area contributed by atoms with Gasteiger partial charge in [-0.25, -0.2) is 4.98 Å². The molecular weight excluding hydrogens is 257 g/mol. The molecule has 3 heterocycles. The van der Waals surface area contributed by atoms with Crippen LogP contribution in [0.15, 0.2) is 24.5 Å². The zero-order chi connectivity index (χ0) is 13.5. The van der Waals surface area contributed by atoms with Crippen LogP contribution in [-0.4, -0.2) is 21.1 Å². The van der Waals surface area contributed by atoms with Crippen molar-refractivity contribution >= 4 is 0 Å². The Bertz CT molecular complexity index is 589. The van der Waals surface area contributed by atoms with Crippen LogP contribution in [0.5, 0.6) is 0 Å². The Morgan fingerprint density at radius 2 is 1.95 bits per heavy atom. The third-order valence-electron chi connectivity index (χ3n) is 3.08. The first-order valence-corrected chi connectivity index (χ1v) is 5.85. The first-order valence-electron chi connectivity index (χ1n) is 5.85. The molecule has 1 aliphatic rings. The van der Waals surface area contributed by atoms with Gasteiger partial charge in [0, 0.05) is 37.6 Å². The van der Waals surface area contributed by atoms with Crippen molar-refractivity contribution in [1.82, 2.24) is 19.9 Å². The lowest BCUT2D eigenvalue weighted by atomic mass is 10.1. The molecule has 0 saturated heterocycles. The quantitative estimate of drug-likeness (QED) is 0.861. The highest BCUT2D eigenvalue weighted by atomic mass is 19.4. The molecule has 2 aromatic rings. The fourth-order valence-electron chi connectivity index (χ4n) is 2.26. The number of aromatic nitrogens is 3. The number of halogens is 3. The third-order valence-corrected chi connectivity index (χ3v) is 3.08. The number of nitrogens with one attached hydrogen (secondary N) is 1. The van der Waals surface area contributed by atoms with E-state index in [1.54, 1.807) is 24.5 Å². The van der Waals surface area contributed by atoms with Gasteiger partial charge >= 0.3 is 6.18 Å². The number of fused-ring (bicyclic) bond motifs is 1. The number of nitrogens with zero attached hydrogens (tertiary/aromatic N) is 3. The molecule has 7 heteroatoms. The van der Waals surface area contributed by atoms with Crippen molar-refractivity contribution in [3.05, 3.63) is 36.0 Å². The first-order chi connectivity index (χ1) is 9.07. The minimum atomic E-state index is -4.43. The van der Waals surface area contributed by atoms with Crippen LogP contribution in [0.4, 0.5) is 13.2 Å². The Labute approximate surface area is 107 Å². The molecule has 0 atom stereocenters. The molecule has 2 aromatic heterocycles. The van der Waals surface area contributed by atoms with E-state index >= 15 is 0 Å². The maximum absolute atomic E-state index is 13.0. The molecule has 0 fully saturated rings.